The summed E-state index contributed by atoms with van der Waals surface area (Å²) in [5.41, 5.74) is 0.796. The van der Waals surface area contributed by atoms with Crippen LogP contribution in [0.1, 0.15) is 71.1 Å². The number of hydrogen-bond donors (Lipinski definition) is 0. The number of nitrogens with zero attached hydrogens (tertiary/aromatic N) is 3. The molecular formula is C23H37ClN3O2S+. The number of aryl methyl sites for hydroxylation is 1. The van der Waals surface area contributed by atoms with Gasteiger partial charge in [0.15, 0.2) is 0 Å². The molecule has 1 aromatic carbocycles. The van der Waals surface area contributed by atoms with Crippen molar-refractivity contribution >= 4 is 21.8 Å². The summed E-state index contributed by atoms with van der Waals surface area (Å²) in [5, 5.41) is 0.591. The van der Waals surface area contributed by atoms with E-state index in [0.29, 0.717) is 10.8 Å². The molecule has 7 heteroatoms. The van der Waals surface area contributed by atoms with Crippen LogP contribution in [-0.2, 0) is 16.8 Å². The molecule has 0 aliphatic heterocycles. The first-order valence-electron chi connectivity index (χ1n) is 11.2. The van der Waals surface area contributed by atoms with Gasteiger partial charge in [-0.1, -0.05) is 76.0 Å². The zero-order valence-electron chi connectivity index (χ0n) is 18.7. The predicted octanol–water partition coefficient (Wildman–Crippen LogP) is 5.67. The second-order valence-corrected chi connectivity index (χ2v) is 10.5. The van der Waals surface area contributed by atoms with Crippen LogP contribution in [0.3, 0.4) is 0 Å². The summed E-state index contributed by atoms with van der Waals surface area (Å²) in [7, 11) is -0.523. The fraction of sp³-hybridized carbons (Fsp3) is 0.609. The molecule has 0 radical (unpaired) electrons. The molecule has 0 amide bonds. The van der Waals surface area contributed by atoms with Gasteiger partial charge < -0.3 is 0 Å². The van der Waals surface area contributed by atoms with E-state index in [2.05, 4.69) is 6.92 Å². The molecule has 0 atom stereocenters. The van der Waals surface area contributed by atoms with Gasteiger partial charge in [-0.3, -0.25) is 0 Å². The average molecular weight is 455 g/mol. The predicted molar refractivity (Wildman–Crippen MR) is 125 cm³/mol. The van der Waals surface area contributed by atoms with Crippen LogP contribution in [0.15, 0.2) is 36.7 Å². The van der Waals surface area contributed by atoms with Crippen molar-refractivity contribution in [3.05, 3.63) is 41.7 Å². The first-order valence-corrected chi connectivity index (χ1v) is 12.9. The Bertz CT molecular complexity index is 878. The Morgan fingerprint density at radius 2 is 1.57 bits per heavy atom. The third-order valence-corrected chi connectivity index (χ3v) is 7.36. The third kappa shape index (κ3) is 7.10. The van der Waals surface area contributed by atoms with Gasteiger partial charge in [0.2, 0.25) is 0 Å². The lowest BCUT2D eigenvalue weighted by atomic mass is 10.1. The number of imidazole rings is 1. The highest BCUT2D eigenvalue weighted by molar-refractivity contribution is 7.87. The van der Waals surface area contributed by atoms with E-state index >= 15 is 0 Å². The summed E-state index contributed by atoms with van der Waals surface area (Å²) in [4.78, 5) is 0. The number of aromatic nitrogens is 2. The van der Waals surface area contributed by atoms with Gasteiger partial charge >= 0.3 is 16.0 Å². The molecule has 5 nitrogen and oxygen atoms in total. The van der Waals surface area contributed by atoms with Gasteiger partial charge in [-0.05, 0) is 31.0 Å². The van der Waals surface area contributed by atoms with Crippen molar-refractivity contribution in [3.8, 4) is 11.4 Å². The molecule has 30 heavy (non-hydrogen) atoms. The molecule has 168 valence electrons. The maximum atomic E-state index is 12.8. The molecular weight excluding hydrogens is 418 g/mol. The minimum atomic E-state index is -3.61. The number of hydrogen-bond acceptors (Lipinski definition) is 2. The number of unbranched alkanes of at least 4 members (excludes halogenated alkanes) is 9. The van der Waals surface area contributed by atoms with Crippen LogP contribution in [-0.4, -0.2) is 30.8 Å². The first-order chi connectivity index (χ1) is 14.4. The Kier molecular flexibility index (Phi) is 10.4. The fourth-order valence-corrected chi connectivity index (χ4v) is 4.82. The van der Waals surface area contributed by atoms with Crippen molar-refractivity contribution in [2.24, 2.45) is 0 Å². The normalized spacial score (nSPS) is 12.0. The monoisotopic (exact) mass is 454 g/mol. The molecule has 2 rings (SSSR count). The lowest BCUT2D eigenvalue weighted by molar-refractivity contribution is -0.685. The van der Waals surface area contributed by atoms with Crippen molar-refractivity contribution in [2.45, 2.75) is 77.7 Å². The maximum Gasteiger partial charge on any atom is 0.379 e. The van der Waals surface area contributed by atoms with E-state index in [4.69, 9.17) is 11.6 Å². The minimum absolute atomic E-state index is 0.591. The van der Waals surface area contributed by atoms with Crippen LogP contribution in [0.4, 0.5) is 0 Å². The van der Waals surface area contributed by atoms with Crippen molar-refractivity contribution in [2.75, 3.05) is 14.1 Å². The second kappa shape index (κ2) is 12.5. The fourth-order valence-electron chi connectivity index (χ4n) is 3.64. The van der Waals surface area contributed by atoms with Gasteiger partial charge in [0.25, 0.3) is 0 Å². The minimum Gasteiger partial charge on any atom is -0.229 e. The third-order valence-electron chi connectivity index (χ3n) is 5.41. The molecule has 2 aromatic rings. The number of halogens is 1. The van der Waals surface area contributed by atoms with Crippen LogP contribution in [0.5, 0.6) is 0 Å². The summed E-state index contributed by atoms with van der Waals surface area (Å²) in [6, 6.07) is 7.36. The lowest BCUT2D eigenvalue weighted by Gasteiger charge is -2.10. The Hall–Kier alpha value is -1.37. The van der Waals surface area contributed by atoms with Crippen LogP contribution >= 0.6 is 11.6 Å². The summed E-state index contributed by atoms with van der Waals surface area (Å²) in [5.74, 6) is 0.641. The molecule has 0 aliphatic carbocycles. The van der Waals surface area contributed by atoms with Crippen LogP contribution in [0, 0.1) is 0 Å². The van der Waals surface area contributed by atoms with E-state index in [1.807, 2.05) is 29.0 Å². The molecule has 0 fully saturated rings. The molecule has 0 saturated carbocycles. The van der Waals surface area contributed by atoms with Crippen molar-refractivity contribution in [1.82, 2.24) is 8.28 Å². The van der Waals surface area contributed by atoms with Crippen LogP contribution < -0.4 is 4.57 Å². The summed E-state index contributed by atoms with van der Waals surface area (Å²) in [6.45, 7) is 3.04. The molecule has 0 saturated heterocycles. The highest BCUT2D eigenvalue weighted by Crippen LogP contribution is 2.22. The highest BCUT2D eigenvalue weighted by Gasteiger charge is 2.30. The van der Waals surface area contributed by atoms with E-state index < -0.39 is 10.2 Å². The Morgan fingerprint density at radius 3 is 2.13 bits per heavy atom. The SMILES string of the molecule is CCCCCCCCCCCC[n+]1ccn(S(=O)(=O)N(C)C)c1-c1cccc(Cl)c1. The molecule has 0 unspecified atom stereocenters. The standard InChI is InChI=1S/C23H37ClN3O2S/c1-4-5-6-7-8-9-10-11-12-13-17-26-18-19-27(30(28,29)25(2)3)23(26)21-15-14-16-22(24)20-21/h14-16,18-20H,4-13,17H2,1-3H3/q+1. The van der Waals surface area contributed by atoms with Gasteiger partial charge in [-0.15, -0.1) is 3.97 Å². The Morgan fingerprint density at radius 1 is 0.967 bits per heavy atom. The van der Waals surface area contributed by atoms with E-state index in [-0.39, 0.29) is 0 Å². The summed E-state index contributed by atoms with van der Waals surface area (Å²) >= 11 is 6.18. The van der Waals surface area contributed by atoms with Gasteiger partial charge in [-0.25, -0.2) is 4.57 Å². The lowest BCUT2D eigenvalue weighted by Crippen LogP contribution is -2.37. The van der Waals surface area contributed by atoms with Crippen molar-refractivity contribution in [1.29, 1.82) is 0 Å². The smallest absolute Gasteiger partial charge is 0.229 e. The molecule has 0 aliphatic rings. The number of rotatable bonds is 14. The quantitative estimate of drug-likeness (QED) is 0.272. The van der Waals surface area contributed by atoms with Gasteiger partial charge in [0, 0.05) is 19.1 Å². The van der Waals surface area contributed by atoms with E-state index in [9.17, 15) is 8.42 Å². The Labute approximate surface area is 187 Å². The van der Waals surface area contributed by atoms with Gasteiger partial charge in [-0.2, -0.15) is 12.7 Å². The van der Waals surface area contributed by atoms with E-state index in [1.165, 1.54) is 59.6 Å². The van der Waals surface area contributed by atoms with Gasteiger partial charge in [0.05, 0.1) is 12.1 Å². The highest BCUT2D eigenvalue weighted by atomic mass is 35.5. The first kappa shape index (κ1) is 24.9. The molecule has 0 spiro atoms. The van der Waals surface area contributed by atoms with Crippen LogP contribution in [0.25, 0.3) is 11.4 Å². The average Bonchev–Trinajstić information content (AvgIpc) is 3.14. The Balaban J connectivity index is 1.99. The van der Waals surface area contributed by atoms with Gasteiger partial charge in [0.1, 0.15) is 12.4 Å². The van der Waals surface area contributed by atoms with E-state index in [0.717, 1.165) is 24.9 Å². The molecule has 0 bridgehead atoms. The summed E-state index contributed by atoms with van der Waals surface area (Å²) in [6.07, 6.45) is 16.2. The second-order valence-electron chi connectivity index (χ2n) is 8.09. The maximum absolute atomic E-state index is 12.8. The topological polar surface area (TPSA) is 46.2 Å². The van der Waals surface area contributed by atoms with Crippen LogP contribution in [0.2, 0.25) is 5.02 Å². The van der Waals surface area contributed by atoms with E-state index in [1.54, 1.807) is 26.4 Å². The summed E-state index contributed by atoms with van der Waals surface area (Å²) < 4.78 is 30.2. The molecule has 1 heterocycles. The molecule has 1 aromatic heterocycles. The van der Waals surface area contributed by atoms with Crippen molar-refractivity contribution in [3.63, 3.8) is 0 Å². The number of benzene rings is 1. The zero-order chi connectivity index (χ0) is 22.0. The van der Waals surface area contributed by atoms with Crippen molar-refractivity contribution < 1.29 is 13.0 Å². The largest absolute Gasteiger partial charge is 0.379 e. The zero-order valence-corrected chi connectivity index (χ0v) is 20.3. The molecule has 0 N–H and O–H groups in total.